The smallest absolute Gasteiger partial charge is 0.159 e. The fourth-order valence-corrected chi connectivity index (χ4v) is 0.444. The van der Waals surface area contributed by atoms with Gasteiger partial charge in [0, 0.05) is 0 Å². The second-order valence-electron chi connectivity index (χ2n) is 1.52. The molecule has 0 aromatic carbocycles. The lowest BCUT2D eigenvalue weighted by Crippen LogP contribution is -2.02. The third kappa shape index (κ3) is 2.24. The highest BCUT2D eigenvalue weighted by molar-refractivity contribution is 5.85. The summed E-state index contributed by atoms with van der Waals surface area (Å²) >= 11 is 0. The molecule has 1 aromatic heterocycles. The highest BCUT2D eigenvalue weighted by Crippen LogP contribution is 1.90. The SMILES string of the molecule is Cl.NCc1ncc(F)cn1. The van der Waals surface area contributed by atoms with Crippen LogP contribution < -0.4 is 5.73 Å². The molecule has 0 atom stereocenters. The summed E-state index contributed by atoms with van der Waals surface area (Å²) in [5, 5.41) is 0. The Bertz CT molecular complexity index is 189. The average molecular weight is 164 g/mol. The summed E-state index contributed by atoms with van der Waals surface area (Å²) in [5.41, 5.74) is 5.15. The van der Waals surface area contributed by atoms with E-state index in [1.165, 1.54) is 0 Å². The summed E-state index contributed by atoms with van der Waals surface area (Å²) in [6.07, 6.45) is 2.18. The van der Waals surface area contributed by atoms with Crippen molar-refractivity contribution in [2.75, 3.05) is 0 Å². The normalized spacial score (nSPS) is 8.60. The lowest BCUT2D eigenvalue weighted by molar-refractivity contribution is 0.608. The molecule has 5 heteroatoms. The summed E-state index contributed by atoms with van der Waals surface area (Å²) in [6.45, 7) is 0.250. The van der Waals surface area contributed by atoms with E-state index in [-0.39, 0.29) is 19.0 Å². The van der Waals surface area contributed by atoms with Gasteiger partial charge in [0.15, 0.2) is 5.82 Å². The Hall–Kier alpha value is -0.740. The molecule has 56 valence electrons. The Morgan fingerprint density at radius 3 is 2.30 bits per heavy atom. The molecule has 0 saturated carbocycles. The first kappa shape index (κ1) is 9.26. The molecule has 2 N–H and O–H groups in total. The van der Waals surface area contributed by atoms with Gasteiger partial charge in [0.05, 0.1) is 18.9 Å². The summed E-state index contributed by atoms with van der Waals surface area (Å²) in [5.74, 6) is 0.0172. The molecule has 0 radical (unpaired) electrons. The van der Waals surface area contributed by atoms with Gasteiger partial charge in [-0.3, -0.25) is 0 Å². The number of rotatable bonds is 1. The van der Waals surface area contributed by atoms with Crippen molar-refractivity contribution in [2.45, 2.75) is 6.54 Å². The van der Waals surface area contributed by atoms with E-state index in [9.17, 15) is 4.39 Å². The molecule has 0 saturated heterocycles. The summed E-state index contributed by atoms with van der Waals surface area (Å²) in [4.78, 5) is 7.17. The van der Waals surface area contributed by atoms with E-state index in [1.54, 1.807) is 0 Å². The van der Waals surface area contributed by atoms with Crippen LogP contribution in [0.4, 0.5) is 4.39 Å². The molecular formula is C5H7ClFN3. The summed E-state index contributed by atoms with van der Waals surface area (Å²) in [7, 11) is 0. The number of hydrogen-bond donors (Lipinski definition) is 1. The number of hydrogen-bond acceptors (Lipinski definition) is 3. The molecule has 0 aliphatic heterocycles. The van der Waals surface area contributed by atoms with Crippen LogP contribution in [-0.4, -0.2) is 9.97 Å². The highest BCUT2D eigenvalue weighted by atomic mass is 35.5. The zero-order chi connectivity index (χ0) is 6.69. The summed E-state index contributed by atoms with van der Waals surface area (Å²) in [6, 6.07) is 0. The van der Waals surface area contributed by atoms with Crippen LogP contribution in [0.15, 0.2) is 12.4 Å². The largest absolute Gasteiger partial charge is 0.324 e. The zero-order valence-corrected chi connectivity index (χ0v) is 5.94. The molecule has 0 bridgehead atoms. The Morgan fingerprint density at radius 1 is 1.40 bits per heavy atom. The second-order valence-corrected chi connectivity index (χ2v) is 1.52. The van der Waals surface area contributed by atoms with Crippen molar-refractivity contribution >= 4 is 12.4 Å². The minimum atomic E-state index is -0.438. The van der Waals surface area contributed by atoms with Gasteiger partial charge >= 0.3 is 0 Å². The Balaban J connectivity index is 0.000000810. The molecule has 0 fully saturated rings. The Morgan fingerprint density at radius 2 is 1.90 bits per heavy atom. The lowest BCUT2D eigenvalue weighted by Gasteiger charge is -1.90. The molecular weight excluding hydrogens is 157 g/mol. The number of nitrogens with zero attached hydrogens (tertiary/aromatic N) is 2. The van der Waals surface area contributed by atoms with E-state index >= 15 is 0 Å². The van der Waals surface area contributed by atoms with Crippen molar-refractivity contribution in [1.82, 2.24) is 9.97 Å². The molecule has 0 aliphatic rings. The van der Waals surface area contributed by atoms with Crippen LogP contribution in [0.3, 0.4) is 0 Å². The maximum Gasteiger partial charge on any atom is 0.159 e. The number of nitrogens with two attached hydrogens (primary N) is 1. The Kier molecular flexibility index (Phi) is 3.83. The lowest BCUT2D eigenvalue weighted by atomic mass is 10.5. The molecule has 0 amide bonds. The van der Waals surface area contributed by atoms with E-state index in [4.69, 9.17) is 5.73 Å². The van der Waals surface area contributed by atoms with Crippen LogP contribution in [0.2, 0.25) is 0 Å². The molecule has 3 nitrogen and oxygen atoms in total. The van der Waals surface area contributed by atoms with Crippen LogP contribution in [0.25, 0.3) is 0 Å². The van der Waals surface area contributed by atoms with Crippen molar-refractivity contribution in [3.63, 3.8) is 0 Å². The van der Waals surface area contributed by atoms with E-state index in [1.807, 2.05) is 0 Å². The first-order valence-corrected chi connectivity index (χ1v) is 2.49. The van der Waals surface area contributed by atoms with Crippen LogP contribution in [0.5, 0.6) is 0 Å². The van der Waals surface area contributed by atoms with Crippen LogP contribution in [0, 0.1) is 5.82 Å². The third-order valence-corrected chi connectivity index (χ3v) is 0.856. The quantitative estimate of drug-likeness (QED) is 0.656. The van der Waals surface area contributed by atoms with Gasteiger partial charge in [-0.15, -0.1) is 12.4 Å². The van der Waals surface area contributed by atoms with Crippen molar-refractivity contribution < 1.29 is 4.39 Å². The number of halogens is 2. The van der Waals surface area contributed by atoms with Gasteiger partial charge in [-0.05, 0) is 0 Å². The molecule has 0 spiro atoms. The Labute approximate surface area is 63.9 Å². The second kappa shape index (κ2) is 4.14. The fraction of sp³-hybridized carbons (Fsp3) is 0.200. The molecule has 10 heavy (non-hydrogen) atoms. The third-order valence-electron chi connectivity index (χ3n) is 0.856. The first-order valence-electron chi connectivity index (χ1n) is 2.49. The van der Waals surface area contributed by atoms with Gasteiger partial charge in [-0.25, -0.2) is 14.4 Å². The minimum absolute atomic E-state index is 0. The highest BCUT2D eigenvalue weighted by Gasteiger charge is 1.90. The molecule has 1 heterocycles. The van der Waals surface area contributed by atoms with E-state index in [0.29, 0.717) is 5.82 Å². The van der Waals surface area contributed by atoms with Gasteiger partial charge in [0.2, 0.25) is 0 Å². The van der Waals surface area contributed by atoms with Gasteiger partial charge in [0.25, 0.3) is 0 Å². The first-order chi connectivity index (χ1) is 4.33. The van der Waals surface area contributed by atoms with Gasteiger partial charge < -0.3 is 5.73 Å². The van der Waals surface area contributed by atoms with Gasteiger partial charge in [-0.1, -0.05) is 0 Å². The molecule has 0 unspecified atom stereocenters. The standard InChI is InChI=1S/C5H6FN3.ClH/c6-4-2-8-5(1-7)9-3-4;/h2-3H,1,7H2;1H. The maximum absolute atomic E-state index is 12.1. The van der Waals surface area contributed by atoms with Crippen molar-refractivity contribution in [3.05, 3.63) is 24.0 Å². The zero-order valence-electron chi connectivity index (χ0n) is 5.12. The van der Waals surface area contributed by atoms with E-state index in [0.717, 1.165) is 12.4 Å². The predicted molar refractivity (Wildman–Crippen MR) is 37.1 cm³/mol. The van der Waals surface area contributed by atoms with E-state index < -0.39 is 5.82 Å². The van der Waals surface area contributed by atoms with Crippen molar-refractivity contribution in [1.29, 1.82) is 0 Å². The topological polar surface area (TPSA) is 51.8 Å². The van der Waals surface area contributed by atoms with Crippen LogP contribution >= 0.6 is 12.4 Å². The van der Waals surface area contributed by atoms with Gasteiger partial charge in [-0.2, -0.15) is 0 Å². The van der Waals surface area contributed by atoms with E-state index in [2.05, 4.69) is 9.97 Å². The van der Waals surface area contributed by atoms with Crippen LogP contribution in [-0.2, 0) is 6.54 Å². The molecule has 1 rings (SSSR count). The minimum Gasteiger partial charge on any atom is -0.324 e. The molecule has 0 aliphatic carbocycles. The monoisotopic (exact) mass is 163 g/mol. The summed E-state index contributed by atoms with van der Waals surface area (Å²) < 4.78 is 12.1. The van der Waals surface area contributed by atoms with Crippen molar-refractivity contribution in [3.8, 4) is 0 Å². The number of aromatic nitrogens is 2. The maximum atomic E-state index is 12.1. The fourth-order valence-electron chi connectivity index (χ4n) is 0.444. The molecule has 1 aromatic rings. The van der Waals surface area contributed by atoms with Crippen molar-refractivity contribution in [2.24, 2.45) is 5.73 Å². The van der Waals surface area contributed by atoms with Gasteiger partial charge in [0.1, 0.15) is 5.82 Å². The average Bonchev–Trinajstić information content (AvgIpc) is 1.90. The predicted octanol–water partition coefficient (Wildman–Crippen LogP) is 0.496. The van der Waals surface area contributed by atoms with Crippen LogP contribution in [0.1, 0.15) is 5.82 Å².